The summed E-state index contributed by atoms with van der Waals surface area (Å²) in [6, 6.07) is 10.1. The molecule has 0 bridgehead atoms. The fourth-order valence-corrected chi connectivity index (χ4v) is 6.76. The second kappa shape index (κ2) is 6.32. The van der Waals surface area contributed by atoms with E-state index in [-0.39, 0.29) is 16.5 Å². The molecule has 4 heterocycles. The van der Waals surface area contributed by atoms with Crippen molar-refractivity contribution >= 4 is 27.1 Å². The lowest BCUT2D eigenvalue weighted by molar-refractivity contribution is 0.0881. The minimum atomic E-state index is -0.271. The predicted molar refractivity (Wildman–Crippen MR) is 126 cm³/mol. The van der Waals surface area contributed by atoms with E-state index < -0.39 is 0 Å². The van der Waals surface area contributed by atoms with Gasteiger partial charge in [-0.05, 0) is 53.9 Å². The number of hydrogen-bond donors (Lipinski definition) is 0. The summed E-state index contributed by atoms with van der Waals surface area (Å²) in [5, 5.41) is 0.755. The maximum absolute atomic E-state index is 13.2. The molecule has 0 spiro atoms. The van der Waals surface area contributed by atoms with Crippen molar-refractivity contribution < 1.29 is 4.42 Å². The van der Waals surface area contributed by atoms with Gasteiger partial charge >= 0.3 is 5.63 Å². The molecule has 3 aliphatic rings. The van der Waals surface area contributed by atoms with E-state index in [1.54, 1.807) is 11.3 Å². The van der Waals surface area contributed by atoms with Crippen LogP contribution in [0.15, 0.2) is 45.2 Å². The summed E-state index contributed by atoms with van der Waals surface area (Å²) in [7, 11) is 0. The number of allylic oxidation sites excluding steroid dienone is 2. The zero-order valence-electron chi connectivity index (χ0n) is 18.6. The Morgan fingerprint density at radius 1 is 1.13 bits per heavy atom. The Balaban J connectivity index is 1.58. The van der Waals surface area contributed by atoms with Gasteiger partial charge in [0.25, 0.3) is 0 Å². The third-order valence-electron chi connectivity index (χ3n) is 7.78. The van der Waals surface area contributed by atoms with Gasteiger partial charge in [0.15, 0.2) is 0 Å². The molecule has 4 nitrogen and oxygen atoms in total. The molecule has 1 aromatic carbocycles. The standard InChI is InChI=1S/C26H28N2O2S/c1-25(2)9-11-28-12-10-26(3,4)20-21(28)17(25)14-15-13-16(24(29)30-22(15)20)23-27-18-7-5-6-8-19(18)31-23/h5-8,13,17H,9-12,14H2,1-4H3. The van der Waals surface area contributed by atoms with E-state index in [0.717, 1.165) is 46.9 Å². The lowest BCUT2D eigenvalue weighted by atomic mass is 9.61. The number of thiazole rings is 1. The van der Waals surface area contributed by atoms with Crippen molar-refractivity contribution in [2.24, 2.45) is 16.7 Å². The number of aromatic nitrogens is 1. The van der Waals surface area contributed by atoms with Crippen molar-refractivity contribution in [2.75, 3.05) is 13.1 Å². The van der Waals surface area contributed by atoms with Gasteiger partial charge in [0.05, 0.1) is 15.8 Å². The molecule has 3 aromatic rings. The van der Waals surface area contributed by atoms with Gasteiger partial charge < -0.3 is 9.32 Å². The van der Waals surface area contributed by atoms with Crippen LogP contribution in [0, 0.1) is 16.7 Å². The largest absolute Gasteiger partial charge is 0.422 e. The summed E-state index contributed by atoms with van der Waals surface area (Å²) >= 11 is 1.56. The molecule has 0 N–H and O–H groups in total. The molecule has 2 aromatic heterocycles. The van der Waals surface area contributed by atoms with E-state index in [1.807, 2.05) is 18.2 Å². The molecule has 1 unspecified atom stereocenters. The van der Waals surface area contributed by atoms with Crippen LogP contribution >= 0.6 is 11.3 Å². The average molecular weight is 433 g/mol. The summed E-state index contributed by atoms with van der Waals surface area (Å²) in [5.74, 6) is 1.28. The van der Waals surface area contributed by atoms with Crippen LogP contribution in [0.25, 0.3) is 26.4 Å². The molecule has 6 rings (SSSR count). The first-order valence-electron chi connectivity index (χ1n) is 11.3. The molecule has 2 aliphatic heterocycles. The third-order valence-corrected chi connectivity index (χ3v) is 8.85. The highest BCUT2D eigenvalue weighted by Crippen LogP contribution is 2.56. The number of para-hydroxylation sites is 1. The van der Waals surface area contributed by atoms with Gasteiger partial charge in [-0.3, -0.25) is 0 Å². The molecule has 31 heavy (non-hydrogen) atoms. The highest BCUT2D eigenvalue weighted by molar-refractivity contribution is 7.21. The number of rotatable bonds is 1. The smallest absolute Gasteiger partial charge is 0.346 e. The van der Waals surface area contributed by atoms with Gasteiger partial charge in [-0.1, -0.05) is 39.8 Å². The van der Waals surface area contributed by atoms with E-state index in [2.05, 4.69) is 44.7 Å². The number of fused-ring (bicyclic) bond motifs is 3. The Kier molecular flexibility index (Phi) is 3.93. The minimum Gasteiger partial charge on any atom is -0.422 e. The Hall–Kier alpha value is -2.40. The van der Waals surface area contributed by atoms with Crippen LogP contribution in [0.4, 0.5) is 0 Å². The Labute approximate surface area is 186 Å². The lowest BCUT2D eigenvalue weighted by Gasteiger charge is -2.54. The Morgan fingerprint density at radius 2 is 1.90 bits per heavy atom. The van der Waals surface area contributed by atoms with Crippen molar-refractivity contribution in [3.05, 3.63) is 57.8 Å². The van der Waals surface area contributed by atoms with Gasteiger partial charge in [-0.25, -0.2) is 9.78 Å². The summed E-state index contributed by atoms with van der Waals surface area (Å²) in [4.78, 5) is 20.5. The zero-order chi connectivity index (χ0) is 21.5. The summed E-state index contributed by atoms with van der Waals surface area (Å²) in [6.45, 7) is 11.6. The Bertz CT molecular complexity index is 1280. The molecule has 1 aliphatic carbocycles. The first-order chi connectivity index (χ1) is 14.7. The van der Waals surface area contributed by atoms with Crippen molar-refractivity contribution in [3.63, 3.8) is 0 Å². The first-order valence-corrected chi connectivity index (χ1v) is 12.1. The molecule has 0 saturated carbocycles. The van der Waals surface area contributed by atoms with Crippen molar-refractivity contribution in [3.8, 4) is 10.6 Å². The molecule has 0 amide bonds. The van der Waals surface area contributed by atoms with Crippen LogP contribution in [-0.2, 0) is 6.42 Å². The first kappa shape index (κ1) is 19.3. The van der Waals surface area contributed by atoms with Gasteiger partial charge in [-0.15, -0.1) is 11.3 Å². The zero-order valence-corrected chi connectivity index (χ0v) is 19.4. The second-order valence-corrected chi connectivity index (χ2v) is 11.7. The van der Waals surface area contributed by atoms with Gasteiger partial charge in [-0.2, -0.15) is 0 Å². The highest BCUT2D eigenvalue weighted by atomic mass is 32.1. The van der Waals surface area contributed by atoms with Crippen molar-refractivity contribution in [2.45, 2.75) is 47.0 Å². The maximum atomic E-state index is 13.2. The van der Waals surface area contributed by atoms with Crippen LogP contribution < -0.4 is 5.63 Å². The summed E-state index contributed by atoms with van der Waals surface area (Å²) in [5.41, 5.74) is 5.37. The summed E-state index contributed by atoms with van der Waals surface area (Å²) in [6.07, 6.45) is 3.21. The lowest BCUT2D eigenvalue weighted by Crippen LogP contribution is -2.50. The van der Waals surface area contributed by atoms with Crippen LogP contribution in [0.2, 0.25) is 0 Å². The van der Waals surface area contributed by atoms with E-state index in [9.17, 15) is 4.79 Å². The third kappa shape index (κ3) is 2.78. The van der Waals surface area contributed by atoms with Gasteiger partial charge in [0.2, 0.25) is 0 Å². The van der Waals surface area contributed by atoms with Crippen molar-refractivity contribution in [1.29, 1.82) is 0 Å². The molecular weight excluding hydrogens is 404 g/mol. The molecule has 1 atom stereocenters. The van der Waals surface area contributed by atoms with Crippen LogP contribution in [0.1, 0.15) is 51.9 Å². The van der Waals surface area contributed by atoms with E-state index in [1.165, 1.54) is 23.3 Å². The second-order valence-electron chi connectivity index (χ2n) is 10.7. The number of benzene rings is 1. The number of hydrogen-bond acceptors (Lipinski definition) is 5. The fourth-order valence-electron chi connectivity index (χ4n) is 5.79. The van der Waals surface area contributed by atoms with Crippen LogP contribution in [-0.4, -0.2) is 23.0 Å². The predicted octanol–water partition coefficient (Wildman–Crippen LogP) is 5.96. The van der Waals surface area contributed by atoms with E-state index >= 15 is 0 Å². The monoisotopic (exact) mass is 432 g/mol. The molecule has 1 saturated heterocycles. The average Bonchev–Trinajstić information content (AvgIpc) is 3.15. The Morgan fingerprint density at radius 3 is 2.71 bits per heavy atom. The van der Waals surface area contributed by atoms with Crippen LogP contribution in [0.5, 0.6) is 0 Å². The van der Waals surface area contributed by atoms with Gasteiger partial charge in [0, 0.05) is 30.3 Å². The van der Waals surface area contributed by atoms with Crippen molar-refractivity contribution in [1.82, 2.24) is 9.88 Å². The molecule has 0 radical (unpaired) electrons. The molecule has 5 heteroatoms. The van der Waals surface area contributed by atoms with E-state index in [4.69, 9.17) is 9.40 Å². The maximum Gasteiger partial charge on any atom is 0.346 e. The molecule has 160 valence electrons. The minimum absolute atomic E-state index is 0.00000761. The normalized spacial score (nSPS) is 23.6. The quantitative estimate of drug-likeness (QED) is 0.476. The van der Waals surface area contributed by atoms with E-state index in [0.29, 0.717) is 11.5 Å². The fraction of sp³-hybridized carbons (Fsp3) is 0.462. The van der Waals surface area contributed by atoms with Gasteiger partial charge in [0.1, 0.15) is 10.8 Å². The molecule has 1 fully saturated rings. The topological polar surface area (TPSA) is 46.3 Å². The molecular formula is C26H28N2O2S. The van der Waals surface area contributed by atoms with Crippen LogP contribution in [0.3, 0.4) is 0 Å². The number of nitrogens with zero attached hydrogens (tertiary/aromatic N) is 2. The SMILES string of the molecule is CC1(C)CCN2CCC(C)(C)C3Cc4cc(-c5nc6ccccc6s5)c(=O)oc4C1=C32. The number of piperidine rings is 1. The highest BCUT2D eigenvalue weighted by Gasteiger charge is 2.49. The summed E-state index contributed by atoms with van der Waals surface area (Å²) < 4.78 is 7.24.